The molecule has 0 saturated heterocycles. The Labute approximate surface area is 147 Å². The van der Waals surface area contributed by atoms with E-state index < -0.39 is 18.2 Å². The lowest BCUT2D eigenvalue weighted by atomic mass is 10.1. The molecule has 0 fully saturated rings. The number of nitrogens with zero attached hydrogens (tertiary/aromatic N) is 2. The molecule has 2 N–H and O–H groups in total. The molecule has 0 radical (unpaired) electrons. The van der Waals surface area contributed by atoms with Gasteiger partial charge in [-0.3, -0.25) is 9.78 Å². The monoisotopic (exact) mass is 364 g/mol. The van der Waals surface area contributed by atoms with Crippen molar-refractivity contribution in [2.24, 2.45) is 5.10 Å². The standard InChI is InChI=1S/C17H15F3N4O2/c1-26-11-4-5-12-13(7-11)14(22-17(18,19)20)8-15(12)23-24-16(25)10-3-2-6-21-9-10/h2-7,9,14,22H,8H2,1H3,(H,24,25)/b23-15-/t14-/m1/s1. The average molecular weight is 364 g/mol. The van der Waals surface area contributed by atoms with E-state index in [0.29, 0.717) is 28.2 Å². The highest BCUT2D eigenvalue weighted by molar-refractivity contribution is 6.06. The van der Waals surface area contributed by atoms with Crippen molar-refractivity contribution in [3.05, 3.63) is 59.4 Å². The van der Waals surface area contributed by atoms with E-state index in [-0.39, 0.29) is 6.42 Å². The fourth-order valence-corrected chi connectivity index (χ4v) is 2.74. The smallest absolute Gasteiger partial charge is 0.457 e. The lowest BCUT2D eigenvalue weighted by Gasteiger charge is -2.16. The molecule has 0 bridgehead atoms. The van der Waals surface area contributed by atoms with Crippen LogP contribution in [0.3, 0.4) is 0 Å². The summed E-state index contributed by atoms with van der Waals surface area (Å²) in [5.41, 5.74) is 3.95. The third-order valence-corrected chi connectivity index (χ3v) is 3.90. The molecule has 1 aliphatic rings. The number of methoxy groups -OCH3 is 1. The second-order valence-corrected chi connectivity index (χ2v) is 5.59. The van der Waals surface area contributed by atoms with E-state index in [1.54, 1.807) is 29.6 Å². The van der Waals surface area contributed by atoms with Gasteiger partial charge in [0.1, 0.15) is 5.75 Å². The molecule has 1 heterocycles. The Kier molecular flexibility index (Phi) is 4.90. The molecule has 1 aromatic carbocycles. The molecular formula is C17H15F3N4O2. The maximum absolute atomic E-state index is 12.8. The normalized spacial score (nSPS) is 17.8. The first-order valence-corrected chi connectivity index (χ1v) is 7.67. The predicted molar refractivity (Wildman–Crippen MR) is 87.8 cm³/mol. The van der Waals surface area contributed by atoms with E-state index >= 15 is 0 Å². The van der Waals surface area contributed by atoms with Gasteiger partial charge in [0.05, 0.1) is 18.4 Å². The fourth-order valence-electron chi connectivity index (χ4n) is 2.74. The van der Waals surface area contributed by atoms with Gasteiger partial charge in [0, 0.05) is 30.4 Å². The summed E-state index contributed by atoms with van der Waals surface area (Å²) >= 11 is 0. The Hall–Kier alpha value is -2.94. The summed E-state index contributed by atoms with van der Waals surface area (Å²) in [6.07, 6.45) is -1.66. The highest BCUT2D eigenvalue weighted by atomic mass is 19.4. The Balaban J connectivity index is 1.86. The van der Waals surface area contributed by atoms with Crippen molar-refractivity contribution < 1.29 is 22.7 Å². The van der Waals surface area contributed by atoms with Gasteiger partial charge in [-0.15, -0.1) is 0 Å². The number of rotatable bonds is 4. The van der Waals surface area contributed by atoms with Gasteiger partial charge in [0.25, 0.3) is 5.91 Å². The maximum Gasteiger partial charge on any atom is 0.457 e. The highest BCUT2D eigenvalue weighted by Gasteiger charge is 2.37. The number of benzene rings is 1. The van der Waals surface area contributed by atoms with Crippen LogP contribution in [0.5, 0.6) is 5.75 Å². The molecule has 0 spiro atoms. The number of carbonyl (C=O) groups excluding carboxylic acids is 1. The number of pyridine rings is 1. The summed E-state index contributed by atoms with van der Waals surface area (Å²) in [7, 11) is 1.44. The number of hydrazone groups is 1. The van der Waals surface area contributed by atoms with Crippen LogP contribution in [-0.2, 0) is 0 Å². The zero-order chi connectivity index (χ0) is 18.7. The lowest BCUT2D eigenvalue weighted by Crippen LogP contribution is -2.34. The van der Waals surface area contributed by atoms with E-state index in [1.807, 2.05) is 0 Å². The van der Waals surface area contributed by atoms with E-state index in [1.165, 1.54) is 25.6 Å². The minimum atomic E-state index is -4.54. The van der Waals surface area contributed by atoms with Gasteiger partial charge in [-0.1, -0.05) is 0 Å². The van der Waals surface area contributed by atoms with Crippen LogP contribution in [0.2, 0.25) is 0 Å². The largest absolute Gasteiger partial charge is 0.497 e. The van der Waals surface area contributed by atoms with Crippen LogP contribution < -0.4 is 15.5 Å². The Morgan fingerprint density at radius 3 is 2.81 bits per heavy atom. The van der Waals surface area contributed by atoms with Crippen LogP contribution in [0.4, 0.5) is 13.2 Å². The summed E-state index contributed by atoms with van der Waals surface area (Å²) in [6.45, 7) is 0. The Morgan fingerprint density at radius 1 is 1.35 bits per heavy atom. The van der Waals surface area contributed by atoms with Gasteiger partial charge in [0.15, 0.2) is 0 Å². The first-order valence-electron chi connectivity index (χ1n) is 7.67. The third-order valence-electron chi connectivity index (χ3n) is 3.90. The quantitative estimate of drug-likeness (QED) is 0.646. The predicted octanol–water partition coefficient (Wildman–Crippen LogP) is 2.78. The van der Waals surface area contributed by atoms with Gasteiger partial charge in [-0.05, 0) is 35.9 Å². The summed E-state index contributed by atoms with van der Waals surface area (Å²) in [5.74, 6) is -0.0498. The summed E-state index contributed by atoms with van der Waals surface area (Å²) in [6, 6.07) is 6.94. The van der Waals surface area contributed by atoms with Gasteiger partial charge in [-0.2, -0.15) is 18.3 Å². The van der Waals surface area contributed by atoms with Crippen molar-refractivity contribution in [2.45, 2.75) is 18.8 Å². The first-order chi connectivity index (χ1) is 12.4. The number of ether oxygens (including phenoxy) is 1. The first kappa shape index (κ1) is 17.9. The number of alkyl halides is 3. The van der Waals surface area contributed by atoms with Crippen LogP contribution in [0.1, 0.15) is 33.9 Å². The molecule has 0 saturated carbocycles. The van der Waals surface area contributed by atoms with E-state index in [0.717, 1.165) is 0 Å². The molecule has 6 nitrogen and oxygen atoms in total. The zero-order valence-electron chi connectivity index (χ0n) is 13.7. The Morgan fingerprint density at radius 2 is 2.15 bits per heavy atom. The molecular weight excluding hydrogens is 349 g/mol. The second kappa shape index (κ2) is 7.12. The Bertz CT molecular complexity index is 838. The van der Waals surface area contributed by atoms with E-state index in [2.05, 4.69) is 15.5 Å². The van der Waals surface area contributed by atoms with Crippen molar-refractivity contribution in [2.75, 3.05) is 7.11 Å². The van der Waals surface area contributed by atoms with Crippen molar-refractivity contribution in [3.63, 3.8) is 0 Å². The topological polar surface area (TPSA) is 75.6 Å². The molecule has 1 aliphatic carbocycles. The SMILES string of the molecule is COc1ccc2c(c1)[C@H](NC(F)(F)F)C/C2=N/NC(=O)c1cccnc1. The zero-order valence-corrected chi connectivity index (χ0v) is 13.7. The van der Waals surface area contributed by atoms with Crippen LogP contribution in [0.15, 0.2) is 47.8 Å². The molecule has 0 unspecified atom stereocenters. The fraction of sp³-hybridized carbons (Fsp3) is 0.235. The number of amides is 1. The second-order valence-electron chi connectivity index (χ2n) is 5.59. The van der Waals surface area contributed by atoms with Gasteiger partial charge < -0.3 is 4.74 Å². The number of aromatic nitrogens is 1. The molecule has 1 atom stereocenters. The number of halogens is 3. The van der Waals surface area contributed by atoms with E-state index in [4.69, 9.17) is 4.74 Å². The summed E-state index contributed by atoms with van der Waals surface area (Å²) < 4.78 is 43.4. The molecule has 1 aromatic heterocycles. The maximum atomic E-state index is 12.8. The number of carbonyl (C=O) groups is 1. The molecule has 26 heavy (non-hydrogen) atoms. The molecule has 2 aromatic rings. The van der Waals surface area contributed by atoms with Gasteiger partial charge >= 0.3 is 6.30 Å². The molecule has 136 valence electrons. The van der Waals surface area contributed by atoms with Crippen LogP contribution >= 0.6 is 0 Å². The van der Waals surface area contributed by atoms with Gasteiger partial charge in [0.2, 0.25) is 0 Å². The summed E-state index contributed by atoms with van der Waals surface area (Å²) in [4.78, 5) is 15.9. The number of hydrogen-bond donors (Lipinski definition) is 2. The molecule has 9 heteroatoms. The van der Waals surface area contributed by atoms with Gasteiger partial charge in [-0.25, -0.2) is 10.7 Å². The number of nitrogens with one attached hydrogen (secondary N) is 2. The lowest BCUT2D eigenvalue weighted by molar-refractivity contribution is -0.164. The van der Waals surface area contributed by atoms with Crippen LogP contribution in [0, 0.1) is 0 Å². The number of fused-ring (bicyclic) bond motifs is 1. The molecule has 1 amide bonds. The minimum Gasteiger partial charge on any atom is -0.497 e. The minimum absolute atomic E-state index is 0.0185. The van der Waals surface area contributed by atoms with Crippen molar-refractivity contribution in [3.8, 4) is 5.75 Å². The van der Waals surface area contributed by atoms with Crippen molar-refractivity contribution in [1.82, 2.24) is 15.7 Å². The molecule has 0 aliphatic heterocycles. The van der Waals surface area contributed by atoms with Crippen molar-refractivity contribution in [1.29, 1.82) is 0 Å². The van der Waals surface area contributed by atoms with Crippen LogP contribution in [0.25, 0.3) is 0 Å². The van der Waals surface area contributed by atoms with Crippen LogP contribution in [-0.4, -0.2) is 30.0 Å². The average Bonchev–Trinajstić information content (AvgIpc) is 2.95. The highest BCUT2D eigenvalue weighted by Crippen LogP contribution is 2.36. The van der Waals surface area contributed by atoms with E-state index in [9.17, 15) is 18.0 Å². The molecule has 3 rings (SSSR count). The third kappa shape index (κ3) is 3.99. The summed E-state index contributed by atoms with van der Waals surface area (Å²) in [5, 5.41) is 5.63. The van der Waals surface area contributed by atoms with Crippen molar-refractivity contribution >= 4 is 11.6 Å². The number of hydrogen-bond acceptors (Lipinski definition) is 5.